The van der Waals surface area contributed by atoms with E-state index in [1.165, 1.54) is 17.0 Å². The molecule has 3 aromatic carbocycles. The van der Waals surface area contributed by atoms with Crippen LogP contribution >= 0.6 is 11.6 Å². The second-order valence-corrected chi connectivity index (χ2v) is 11.6. The second-order valence-electron chi connectivity index (χ2n) is 9.37. The van der Waals surface area contributed by atoms with Gasteiger partial charge in [-0.1, -0.05) is 74.0 Å². The fourth-order valence-electron chi connectivity index (χ4n) is 4.36. The number of hydrogen-bond acceptors (Lipinski definition) is 4. The normalized spacial score (nSPS) is 12.0. The molecule has 3 rings (SSSR count). The van der Waals surface area contributed by atoms with Crippen LogP contribution in [0.25, 0.3) is 0 Å². The van der Waals surface area contributed by atoms with Gasteiger partial charge in [-0.3, -0.25) is 13.9 Å². The first kappa shape index (κ1) is 30.2. The van der Waals surface area contributed by atoms with Gasteiger partial charge in [0.25, 0.3) is 10.0 Å². The van der Waals surface area contributed by atoms with Gasteiger partial charge in [0.1, 0.15) is 12.6 Å². The van der Waals surface area contributed by atoms with Crippen LogP contribution in [0.15, 0.2) is 77.7 Å². The molecule has 9 heteroatoms. The van der Waals surface area contributed by atoms with Crippen LogP contribution in [0, 0.1) is 13.8 Å². The monoisotopic (exact) mass is 569 g/mol. The molecule has 208 valence electrons. The molecule has 0 aliphatic heterocycles. The number of amides is 2. The summed E-state index contributed by atoms with van der Waals surface area (Å²) in [5.74, 6) is -0.756. The zero-order valence-corrected chi connectivity index (χ0v) is 24.4. The first-order valence-corrected chi connectivity index (χ1v) is 14.9. The molecular weight excluding hydrogens is 534 g/mol. The lowest BCUT2D eigenvalue weighted by Crippen LogP contribution is -2.52. The summed E-state index contributed by atoms with van der Waals surface area (Å²) < 4.78 is 28.9. The van der Waals surface area contributed by atoms with Crippen LogP contribution in [-0.4, -0.2) is 44.3 Å². The molecule has 0 heterocycles. The number of carbonyl (C=O) groups excluding carboxylic acids is 2. The predicted molar refractivity (Wildman–Crippen MR) is 156 cm³/mol. The lowest BCUT2D eigenvalue weighted by atomic mass is 10.1. The molecule has 0 aliphatic carbocycles. The Morgan fingerprint density at radius 1 is 0.923 bits per heavy atom. The number of sulfonamides is 1. The standard InChI is InChI=1S/C30H36ClN3O4S/c1-5-19-32-30(36)27(6-2)33(20-24-14-11-10-13-22(24)3)29(35)21-34(28-18-12-17-26(31)23(28)4)39(37,38)25-15-8-7-9-16-25/h7-18,27H,5-6,19-21H2,1-4H3,(H,32,36). The summed E-state index contributed by atoms with van der Waals surface area (Å²) in [4.78, 5) is 28.8. The number of nitrogens with one attached hydrogen (secondary N) is 1. The van der Waals surface area contributed by atoms with Crippen molar-refractivity contribution >= 4 is 39.1 Å². The van der Waals surface area contributed by atoms with Crippen molar-refractivity contribution in [2.24, 2.45) is 0 Å². The number of rotatable bonds is 12. The number of hydrogen-bond donors (Lipinski definition) is 1. The quantitative estimate of drug-likeness (QED) is 0.313. The summed E-state index contributed by atoms with van der Waals surface area (Å²) in [6, 6.07) is 19.8. The summed E-state index contributed by atoms with van der Waals surface area (Å²) in [5.41, 5.74) is 2.69. The van der Waals surface area contributed by atoms with Crippen molar-refractivity contribution < 1.29 is 18.0 Å². The molecule has 1 atom stereocenters. The Labute approximate surface area is 236 Å². The zero-order chi connectivity index (χ0) is 28.6. The molecule has 1 N–H and O–H groups in total. The molecule has 0 aliphatic rings. The van der Waals surface area contributed by atoms with Crippen LogP contribution in [0.3, 0.4) is 0 Å². The van der Waals surface area contributed by atoms with Gasteiger partial charge < -0.3 is 10.2 Å². The van der Waals surface area contributed by atoms with Gasteiger partial charge >= 0.3 is 0 Å². The van der Waals surface area contributed by atoms with E-state index in [1.54, 1.807) is 43.3 Å². The summed E-state index contributed by atoms with van der Waals surface area (Å²) in [7, 11) is -4.14. The largest absolute Gasteiger partial charge is 0.354 e. The Bertz CT molecular complexity index is 1400. The molecule has 2 amide bonds. The average molecular weight is 570 g/mol. The summed E-state index contributed by atoms with van der Waals surface area (Å²) in [6.45, 7) is 7.60. The highest BCUT2D eigenvalue weighted by Crippen LogP contribution is 2.31. The van der Waals surface area contributed by atoms with E-state index in [9.17, 15) is 18.0 Å². The molecule has 3 aromatic rings. The van der Waals surface area contributed by atoms with Crippen molar-refractivity contribution in [3.63, 3.8) is 0 Å². The van der Waals surface area contributed by atoms with E-state index in [0.29, 0.717) is 29.2 Å². The van der Waals surface area contributed by atoms with Gasteiger partial charge in [0.15, 0.2) is 0 Å². The third-order valence-electron chi connectivity index (χ3n) is 6.65. The highest BCUT2D eigenvalue weighted by Gasteiger charge is 2.34. The summed E-state index contributed by atoms with van der Waals surface area (Å²) in [5, 5.41) is 3.28. The Balaban J connectivity index is 2.09. The molecule has 7 nitrogen and oxygen atoms in total. The topological polar surface area (TPSA) is 86.8 Å². The Kier molecular flexibility index (Phi) is 10.5. The fourth-order valence-corrected chi connectivity index (χ4v) is 6.02. The van der Waals surface area contributed by atoms with Crippen molar-refractivity contribution in [2.45, 2.75) is 58.0 Å². The van der Waals surface area contributed by atoms with Gasteiger partial charge in [0, 0.05) is 18.1 Å². The van der Waals surface area contributed by atoms with Crippen LogP contribution in [0.4, 0.5) is 5.69 Å². The van der Waals surface area contributed by atoms with E-state index < -0.39 is 28.5 Å². The lowest BCUT2D eigenvalue weighted by Gasteiger charge is -2.34. The molecule has 0 saturated carbocycles. The highest BCUT2D eigenvalue weighted by molar-refractivity contribution is 7.92. The van der Waals surface area contributed by atoms with Crippen molar-refractivity contribution in [2.75, 3.05) is 17.4 Å². The molecule has 0 spiro atoms. The van der Waals surface area contributed by atoms with Gasteiger partial charge in [-0.2, -0.15) is 0 Å². The molecule has 0 radical (unpaired) electrons. The third-order valence-corrected chi connectivity index (χ3v) is 8.84. The zero-order valence-electron chi connectivity index (χ0n) is 22.9. The number of benzene rings is 3. The minimum atomic E-state index is -4.14. The molecule has 0 fully saturated rings. The maximum atomic E-state index is 14.1. The van der Waals surface area contributed by atoms with E-state index in [4.69, 9.17) is 11.6 Å². The maximum absolute atomic E-state index is 14.1. The second kappa shape index (κ2) is 13.6. The Morgan fingerprint density at radius 3 is 2.23 bits per heavy atom. The van der Waals surface area contributed by atoms with Crippen molar-refractivity contribution in [3.8, 4) is 0 Å². The number of nitrogens with zero attached hydrogens (tertiary/aromatic N) is 2. The van der Waals surface area contributed by atoms with Crippen LogP contribution in [0.2, 0.25) is 5.02 Å². The summed E-state index contributed by atoms with van der Waals surface area (Å²) >= 11 is 6.37. The first-order chi connectivity index (χ1) is 18.6. The van der Waals surface area contributed by atoms with Crippen LogP contribution < -0.4 is 9.62 Å². The fraction of sp³-hybridized carbons (Fsp3) is 0.333. The minimum Gasteiger partial charge on any atom is -0.354 e. The highest BCUT2D eigenvalue weighted by atomic mass is 35.5. The SMILES string of the molecule is CCCNC(=O)C(CC)N(Cc1ccccc1C)C(=O)CN(c1cccc(Cl)c1C)S(=O)(=O)c1ccccc1. The Morgan fingerprint density at radius 2 is 1.59 bits per heavy atom. The van der Waals surface area contributed by atoms with Gasteiger partial charge in [-0.25, -0.2) is 8.42 Å². The molecular formula is C30H36ClN3O4S. The van der Waals surface area contributed by atoms with Gasteiger partial charge in [0.05, 0.1) is 10.6 Å². The van der Waals surface area contributed by atoms with Gasteiger partial charge in [-0.15, -0.1) is 0 Å². The number of anilines is 1. The minimum absolute atomic E-state index is 0.0513. The number of aryl methyl sites for hydroxylation is 1. The number of carbonyl (C=O) groups is 2. The predicted octanol–water partition coefficient (Wildman–Crippen LogP) is 5.49. The maximum Gasteiger partial charge on any atom is 0.264 e. The molecule has 0 saturated heterocycles. The van der Waals surface area contributed by atoms with Gasteiger partial charge in [-0.05, 0) is 67.6 Å². The van der Waals surface area contributed by atoms with E-state index in [-0.39, 0.29) is 17.3 Å². The van der Waals surface area contributed by atoms with Gasteiger partial charge in [0.2, 0.25) is 11.8 Å². The Hall–Kier alpha value is -3.36. The van der Waals surface area contributed by atoms with E-state index in [2.05, 4.69) is 5.32 Å². The molecule has 0 aromatic heterocycles. The van der Waals surface area contributed by atoms with Crippen molar-refractivity contribution in [3.05, 3.63) is 94.5 Å². The van der Waals surface area contributed by atoms with E-state index in [1.807, 2.05) is 45.0 Å². The summed E-state index contributed by atoms with van der Waals surface area (Å²) in [6.07, 6.45) is 1.12. The van der Waals surface area contributed by atoms with Crippen molar-refractivity contribution in [1.29, 1.82) is 0 Å². The molecule has 39 heavy (non-hydrogen) atoms. The average Bonchev–Trinajstić information content (AvgIpc) is 2.93. The van der Waals surface area contributed by atoms with Crippen molar-refractivity contribution in [1.82, 2.24) is 10.2 Å². The van der Waals surface area contributed by atoms with Crippen LogP contribution in [0.5, 0.6) is 0 Å². The lowest BCUT2D eigenvalue weighted by molar-refractivity contribution is -0.140. The first-order valence-electron chi connectivity index (χ1n) is 13.1. The van der Waals surface area contributed by atoms with Crippen LogP contribution in [-0.2, 0) is 26.2 Å². The van der Waals surface area contributed by atoms with E-state index >= 15 is 0 Å². The smallest absolute Gasteiger partial charge is 0.264 e. The van der Waals surface area contributed by atoms with E-state index in [0.717, 1.165) is 21.9 Å². The third kappa shape index (κ3) is 7.19. The molecule has 1 unspecified atom stereocenters. The molecule has 0 bridgehead atoms. The number of halogens is 1. The van der Waals surface area contributed by atoms with Crippen LogP contribution in [0.1, 0.15) is 43.4 Å².